The molecule has 1 heterocycles. The summed E-state index contributed by atoms with van der Waals surface area (Å²) in [6, 6.07) is 53.3. The van der Waals surface area contributed by atoms with Crippen LogP contribution in [0.4, 0.5) is 17.1 Å². The van der Waals surface area contributed by atoms with Crippen LogP contribution in [0.15, 0.2) is 146 Å². The van der Waals surface area contributed by atoms with Gasteiger partial charge in [-0.1, -0.05) is 136 Å². The number of thiophene rings is 1. The lowest BCUT2D eigenvalue weighted by Gasteiger charge is -2.27. The molecule has 0 fully saturated rings. The van der Waals surface area contributed by atoms with Crippen molar-refractivity contribution in [1.82, 2.24) is 0 Å². The maximum atomic E-state index is 2.43. The first-order chi connectivity index (χ1) is 21.5. The van der Waals surface area contributed by atoms with Crippen molar-refractivity contribution >= 4 is 70.1 Å². The average Bonchev–Trinajstić information content (AvgIpc) is 3.47. The minimum absolute atomic E-state index is 0.0916. The lowest BCUT2D eigenvalue weighted by Crippen LogP contribution is -2.13. The van der Waals surface area contributed by atoms with E-state index in [-0.39, 0.29) is 5.41 Å². The fourth-order valence-electron chi connectivity index (χ4n) is 6.56. The van der Waals surface area contributed by atoms with E-state index in [2.05, 4.69) is 171 Å². The van der Waals surface area contributed by atoms with Crippen molar-refractivity contribution in [2.45, 2.75) is 26.2 Å². The molecule has 0 saturated carbocycles. The zero-order chi connectivity index (χ0) is 29.8. The van der Waals surface area contributed by atoms with Crippen molar-refractivity contribution < 1.29 is 0 Å². The third kappa shape index (κ3) is 4.37. The monoisotopic (exact) mass is 583 g/mol. The van der Waals surface area contributed by atoms with Crippen LogP contribution in [0.2, 0.25) is 0 Å². The SMILES string of the molecule is CC(C)(C)c1ccc(N(c2ccc(-c3ccccc3)cc2)c2cccc3c2sc2c4ccccc4c4ccccc4c32)cc1. The van der Waals surface area contributed by atoms with Crippen LogP contribution in [0.25, 0.3) is 52.8 Å². The van der Waals surface area contributed by atoms with Crippen molar-refractivity contribution in [3.63, 3.8) is 0 Å². The lowest BCUT2D eigenvalue weighted by atomic mass is 9.87. The number of hydrogen-bond donors (Lipinski definition) is 0. The van der Waals surface area contributed by atoms with E-state index in [0.717, 1.165) is 11.4 Å². The minimum Gasteiger partial charge on any atom is -0.309 e. The van der Waals surface area contributed by atoms with Gasteiger partial charge in [0.15, 0.2) is 0 Å². The molecule has 0 aliphatic rings. The van der Waals surface area contributed by atoms with Crippen molar-refractivity contribution in [3.05, 3.63) is 151 Å². The molecule has 0 aliphatic carbocycles. The molecule has 0 radical (unpaired) electrons. The normalized spacial score (nSPS) is 12.0. The van der Waals surface area contributed by atoms with Crippen LogP contribution in [0, 0.1) is 0 Å². The summed E-state index contributed by atoms with van der Waals surface area (Å²) in [5, 5.41) is 7.92. The Labute approximate surface area is 262 Å². The van der Waals surface area contributed by atoms with Gasteiger partial charge in [-0.25, -0.2) is 0 Å². The van der Waals surface area contributed by atoms with Crippen molar-refractivity contribution in [1.29, 1.82) is 0 Å². The maximum Gasteiger partial charge on any atom is 0.0640 e. The second-order valence-electron chi connectivity index (χ2n) is 12.6. The van der Waals surface area contributed by atoms with Crippen molar-refractivity contribution in [2.75, 3.05) is 4.90 Å². The molecular weight excluding hydrogens is 551 g/mol. The van der Waals surface area contributed by atoms with Gasteiger partial charge in [-0.05, 0) is 68.6 Å². The van der Waals surface area contributed by atoms with Crippen LogP contribution in [0.1, 0.15) is 26.3 Å². The van der Waals surface area contributed by atoms with E-state index in [4.69, 9.17) is 0 Å². The van der Waals surface area contributed by atoms with Gasteiger partial charge in [-0.2, -0.15) is 0 Å². The van der Waals surface area contributed by atoms with Gasteiger partial charge in [0.2, 0.25) is 0 Å². The van der Waals surface area contributed by atoms with Crippen LogP contribution in [0.5, 0.6) is 0 Å². The molecule has 0 unspecified atom stereocenters. The van der Waals surface area contributed by atoms with E-state index < -0.39 is 0 Å². The Morgan fingerprint density at radius 1 is 0.432 bits per heavy atom. The number of fused-ring (bicyclic) bond motifs is 8. The smallest absolute Gasteiger partial charge is 0.0640 e. The second-order valence-corrected chi connectivity index (χ2v) is 13.6. The van der Waals surface area contributed by atoms with Crippen molar-refractivity contribution in [3.8, 4) is 11.1 Å². The number of rotatable bonds is 4. The topological polar surface area (TPSA) is 3.24 Å². The van der Waals surface area contributed by atoms with Crippen LogP contribution >= 0.6 is 11.3 Å². The molecule has 2 heteroatoms. The molecule has 0 spiro atoms. The van der Waals surface area contributed by atoms with Crippen LogP contribution in [-0.4, -0.2) is 0 Å². The van der Waals surface area contributed by atoms with Crippen LogP contribution in [-0.2, 0) is 5.41 Å². The van der Waals surface area contributed by atoms with Gasteiger partial charge >= 0.3 is 0 Å². The molecule has 0 amide bonds. The van der Waals surface area contributed by atoms with Gasteiger partial charge in [-0.3, -0.25) is 0 Å². The summed E-state index contributed by atoms with van der Waals surface area (Å²) in [5.41, 5.74) is 7.37. The zero-order valence-corrected chi connectivity index (χ0v) is 26.0. The fourth-order valence-corrected chi connectivity index (χ4v) is 7.92. The Bertz CT molecular complexity index is 2290. The molecule has 44 heavy (non-hydrogen) atoms. The molecule has 212 valence electrons. The molecular formula is C42H33NS. The molecule has 1 aromatic heterocycles. The Morgan fingerprint density at radius 3 is 1.61 bits per heavy atom. The van der Waals surface area contributed by atoms with E-state index in [1.54, 1.807) is 0 Å². The van der Waals surface area contributed by atoms with Gasteiger partial charge in [0.05, 0.1) is 10.4 Å². The predicted octanol–water partition coefficient (Wildman–Crippen LogP) is 12.8. The van der Waals surface area contributed by atoms with E-state index >= 15 is 0 Å². The molecule has 8 rings (SSSR count). The molecule has 7 aromatic carbocycles. The molecule has 0 N–H and O–H groups in total. The number of benzene rings is 7. The third-order valence-electron chi connectivity index (χ3n) is 8.82. The molecule has 0 aliphatic heterocycles. The van der Waals surface area contributed by atoms with Gasteiger partial charge in [0.25, 0.3) is 0 Å². The van der Waals surface area contributed by atoms with Gasteiger partial charge in [0.1, 0.15) is 0 Å². The Balaban J connectivity index is 1.39. The fraction of sp³-hybridized carbons (Fsp3) is 0.0952. The van der Waals surface area contributed by atoms with Crippen LogP contribution in [0.3, 0.4) is 0 Å². The highest BCUT2D eigenvalue weighted by atomic mass is 32.1. The summed E-state index contributed by atoms with van der Waals surface area (Å²) in [6.45, 7) is 6.82. The largest absolute Gasteiger partial charge is 0.309 e. The van der Waals surface area contributed by atoms with Gasteiger partial charge in [0, 0.05) is 32.2 Å². The van der Waals surface area contributed by atoms with E-state index in [9.17, 15) is 0 Å². The summed E-state index contributed by atoms with van der Waals surface area (Å²) in [5.74, 6) is 0. The highest BCUT2D eigenvalue weighted by molar-refractivity contribution is 7.27. The quantitative estimate of drug-likeness (QED) is 0.186. The maximum absolute atomic E-state index is 2.43. The second kappa shape index (κ2) is 10.4. The Hall–Kier alpha value is -4.92. The zero-order valence-electron chi connectivity index (χ0n) is 25.2. The van der Waals surface area contributed by atoms with E-state index in [0.29, 0.717) is 0 Å². The summed E-state index contributed by atoms with van der Waals surface area (Å²) in [4.78, 5) is 2.43. The minimum atomic E-state index is 0.0916. The standard InChI is InChI=1S/C42H33NS/c1-42(2,3)30-22-26-32(27-23-30)43(31-24-20-29(21-25-31)28-12-5-4-6-13-28)38-19-11-18-37-39-35-16-9-7-14-33(35)34-15-8-10-17-36(34)41(39)44-40(37)38/h4-27H,1-3H3. The summed E-state index contributed by atoms with van der Waals surface area (Å²) >= 11 is 1.92. The highest BCUT2D eigenvalue weighted by Crippen LogP contribution is 2.49. The Kier molecular flexibility index (Phi) is 6.29. The van der Waals surface area contributed by atoms with E-state index in [1.807, 2.05) is 11.3 Å². The molecule has 0 atom stereocenters. The summed E-state index contributed by atoms with van der Waals surface area (Å²) in [6.07, 6.45) is 0. The van der Waals surface area contributed by atoms with Gasteiger partial charge in [-0.15, -0.1) is 11.3 Å². The average molecular weight is 584 g/mol. The van der Waals surface area contributed by atoms with Crippen LogP contribution < -0.4 is 4.90 Å². The summed E-state index contributed by atoms with van der Waals surface area (Å²) in [7, 11) is 0. The summed E-state index contributed by atoms with van der Waals surface area (Å²) < 4.78 is 2.65. The number of hydrogen-bond acceptors (Lipinski definition) is 2. The number of nitrogens with zero attached hydrogens (tertiary/aromatic N) is 1. The van der Waals surface area contributed by atoms with Crippen molar-refractivity contribution in [2.24, 2.45) is 0 Å². The number of anilines is 3. The van der Waals surface area contributed by atoms with Gasteiger partial charge < -0.3 is 4.90 Å². The lowest BCUT2D eigenvalue weighted by molar-refractivity contribution is 0.590. The highest BCUT2D eigenvalue weighted by Gasteiger charge is 2.21. The predicted molar refractivity (Wildman–Crippen MR) is 193 cm³/mol. The first-order valence-electron chi connectivity index (χ1n) is 15.3. The first kappa shape index (κ1) is 26.7. The van der Waals surface area contributed by atoms with E-state index in [1.165, 1.54) is 64.1 Å². The molecule has 8 aromatic rings. The molecule has 1 nitrogen and oxygen atoms in total. The molecule has 0 bridgehead atoms. The first-order valence-corrected chi connectivity index (χ1v) is 16.1. The third-order valence-corrected chi connectivity index (χ3v) is 10.1. The Morgan fingerprint density at radius 2 is 0.955 bits per heavy atom. The molecule has 0 saturated heterocycles.